The molecule has 1 fully saturated rings. The SMILES string of the molecule is CCS[C@H]1[C@H](OC)O[C@H](Cn2cc(-c3cccc(C)c3)nn2)[C@H]1SCC. The number of hydrogen-bond donors (Lipinski definition) is 0. The average Bonchev–Trinajstić information content (AvgIpc) is 3.22. The van der Waals surface area contributed by atoms with Crippen LogP contribution in [-0.4, -0.2) is 56.5 Å². The van der Waals surface area contributed by atoms with Crippen LogP contribution in [0.1, 0.15) is 19.4 Å². The largest absolute Gasteiger partial charge is 0.355 e. The van der Waals surface area contributed by atoms with Gasteiger partial charge in [0.25, 0.3) is 0 Å². The lowest BCUT2D eigenvalue weighted by molar-refractivity contribution is -0.115. The third-order valence-electron chi connectivity index (χ3n) is 4.44. The topological polar surface area (TPSA) is 49.2 Å². The van der Waals surface area contributed by atoms with Crippen molar-refractivity contribution in [2.24, 2.45) is 0 Å². The van der Waals surface area contributed by atoms with Gasteiger partial charge in [-0.05, 0) is 24.5 Å². The van der Waals surface area contributed by atoms with Crippen LogP contribution in [0.3, 0.4) is 0 Å². The summed E-state index contributed by atoms with van der Waals surface area (Å²) in [7, 11) is 1.73. The zero-order chi connectivity index (χ0) is 18.5. The molecule has 1 aliphatic heterocycles. The highest BCUT2D eigenvalue weighted by Crippen LogP contribution is 2.39. The summed E-state index contributed by atoms with van der Waals surface area (Å²) in [6.45, 7) is 7.16. The Bertz CT molecular complexity index is 710. The van der Waals surface area contributed by atoms with E-state index in [-0.39, 0.29) is 12.4 Å². The van der Waals surface area contributed by atoms with Crippen LogP contribution in [-0.2, 0) is 16.0 Å². The van der Waals surface area contributed by atoms with Crippen molar-refractivity contribution in [2.45, 2.75) is 50.2 Å². The molecule has 1 aliphatic rings. The van der Waals surface area contributed by atoms with Crippen LogP contribution in [0, 0.1) is 6.92 Å². The van der Waals surface area contributed by atoms with E-state index in [0.29, 0.717) is 17.0 Å². The van der Waals surface area contributed by atoms with Gasteiger partial charge in [0.1, 0.15) is 5.69 Å². The molecular formula is C19H27N3O2S2. The van der Waals surface area contributed by atoms with Gasteiger partial charge in [0.05, 0.1) is 24.1 Å². The molecular weight excluding hydrogens is 366 g/mol. The van der Waals surface area contributed by atoms with E-state index < -0.39 is 0 Å². The minimum absolute atomic E-state index is 0.0704. The van der Waals surface area contributed by atoms with E-state index in [0.717, 1.165) is 22.8 Å². The first kappa shape index (κ1) is 19.7. The lowest BCUT2D eigenvalue weighted by Gasteiger charge is -2.21. The van der Waals surface area contributed by atoms with E-state index in [1.54, 1.807) is 7.11 Å². The smallest absolute Gasteiger partial charge is 0.170 e. The first-order chi connectivity index (χ1) is 12.7. The Morgan fingerprint density at radius 2 is 1.96 bits per heavy atom. The molecule has 1 aromatic carbocycles. The highest BCUT2D eigenvalue weighted by molar-refractivity contribution is 8.03. The highest BCUT2D eigenvalue weighted by Gasteiger charge is 2.45. The Hall–Kier alpha value is -1.02. The highest BCUT2D eigenvalue weighted by atomic mass is 32.2. The van der Waals surface area contributed by atoms with Crippen molar-refractivity contribution in [1.29, 1.82) is 0 Å². The van der Waals surface area contributed by atoms with Crippen molar-refractivity contribution < 1.29 is 9.47 Å². The molecule has 0 saturated carbocycles. The molecule has 4 atom stereocenters. The van der Waals surface area contributed by atoms with Gasteiger partial charge in [-0.1, -0.05) is 42.8 Å². The monoisotopic (exact) mass is 393 g/mol. The van der Waals surface area contributed by atoms with Gasteiger partial charge in [-0.25, -0.2) is 4.68 Å². The van der Waals surface area contributed by atoms with Crippen LogP contribution in [0.15, 0.2) is 30.5 Å². The first-order valence-corrected chi connectivity index (χ1v) is 11.1. The maximum absolute atomic E-state index is 6.23. The van der Waals surface area contributed by atoms with Crippen molar-refractivity contribution in [1.82, 2.24) is 15.0 Å². The Morgan fingerprint density at radius 1 is 1.19 bits per heavy atom. The third-order valence-corrected chi connectivity index (χ3v) is 7.16. The minimum atomic E-state index is -0.159. The van der Waals surface area contributed by atoms with Gasteiger partial charge in [0.2, 0.25) is 0 Å². The fraction of sp³-hybridized carbons (Fsp3) is 0.579. The summed E-state index contributed by atoms with van der Waals surface area (Å²) in [6, 6.07) is 8.33. The molecule has 0 unspecified atom stereocenters. The van der Waals surface area contributed by atoms with Gasteiger partial charge in [0.15, 0.2) is 6.29 Å². The average molecular weight is 394 g/mol. The molecule has 7 heteroatoms. The van der Waals surface area contributed by atoms with Gasteiger partial charge in [-0.3, -0.25) is 0 Å². The summed E-state index contributed by atoms with van der Waals surface area (Å²) in [4.78, 5) is 0. The molecule has 0 amide bonds. The minimum Gasteiger partial charge on any atom is -0.355 e. The molecule has 5 nitrogen and oxygen atoms in total. The van der Waals surface area contributed by atoms with Crippen LogP contribution in [0.25, 0.3) is 11.3 Å². The summed E-state index contributed by atoms with van der Waals surface area (Å²) >= 11 is 3.87. The fourth-order valence-electron chi connectivity index (χ4n) is 3.30. The second-order valence-corrected chi connectivity index (χ2v) is 9.22. The van der Waals surface area contributed by atoms with E-state index in [2.05, 4.69) is 49.3 Å². The van der Waals surface area contributed by atoms with Gasteiger partial charge in [-0.2, -0.15) is 23.5 Å². The number of hydrogen-bond acceptors (Lipinski definition) is 6. The number of ether oxygens (including phenoxy) is 2. The fourth-order valence-corrected chi connectivity index (χ4v) is 5.92. The Balaban J connectivity index is 1.75. The normalized spacial score (nSPS) is 25.7. The van der Waals surface area contributed by atoms with Gasteiger partial charge in [0, 0.05) is 17.9 Å². The van der Waals surface area contributed by atoms with Crippen molar-refractivity contribution in [2.75, 3.05) is 18.6 Å². The van der Waals surface area contributed by atoms with Crippen LogP contribution in [0.2, 0.25) is 0 Å². The number of methoxy groups -OCH3 is 1. The molecule has 142 valence electrons. The predicted molar refractivity (Wildman–Crippen MR) is 110 cm³/mol. The Morgan fingerprint density at radius 3 is 2.65 bits per heavy atom. The summed E-state index contributed by atoms with van der Waals surface area (Å²) < 4.78 is 13.7. The lowest BCUT2D eigenvalue weighted by atomic mass is 10.1. The number of aryl methyl sites for hydroxylation is 1. The third kappa shape index (κ3) is 4.44. The lowest BCUT2D eigenvalue weighted by Crippen LogP contribution is -2.31. The maximum atomic E-state index is 6.23. The molecule has 0 spiro atoms. The number of thioether (sulfide) groups is 2. The second kappa shape index (κ2) is 9.26. The number of aromatic nitrogens is 3. The Kier molecular flexibility index (Phi) is 7.03. The number of nitrogens with zero attached hydrogens (tertiary/aromatic N) is 3. The molecule has 0 radical (unpaired) electrons. The Labute approximate surface area is 164 Å². The quantitative estimate of drug-likeness (QED) is 0.679. The first-order valence-electron chi connectivity index (χ1n) is 9.04. The molecule has 1 aromatic heterocycles. The molecule has 0 N–H and O–H groups in total. The van der Waals surface area contributed by atoms with Gasteiger partial charge < -0.3 is 9.47 Å². The predicted octanol–water partition coefficient (Wildman–Crippen LogP) is 3.87. The van der Waals surface area contributed by atoms with Crippen molar-refractivity contribution >= 4 is 23.5 Å². The second-order valence-electron chi connectivity index (χ2n) is 6.31. The van der Waals surface area contributed by atoms with Crippen molar-refractivity contribution in [3.8, 4) is 11.3 Å². The summed E-state index contributed by atoms with van der Waals surface area (Å²) in [5, 5.41) is 9.42. The van der Waals surface area contributed by atoms with E-state index >= 15 is 0 Å². The van der Waals surface area contributed by atoms with E-state index in [4.69, 9.17) is 9.47 Å². The molecule has 2 heterocycles. The van der Waals surface area contributed by atoms with Gasteiger partial charge in [-0.15, -0.1) is 5.10 Å². The van der Waals surface area contributed by atoms with Gasteiger partial charge >= 0.3 is 0 Å². The summed E-state index contributed by atoms with van der Waals surface area (Å²) in [5.74, 6) is 2.12. The van der Waals surface area contributed by atoms with Crippen molar-refractivity contribution in [3.05, 3.63) is 36.0 Å². The van der Waals surface area contributed by atoms with Crippen LogP contribution < -0.4 is 0 Å². The van der Waals surface area contributed by atoms with Crippen LogP contribution >= 0.6 is 23.5 Å². The van der Waals surface area contributed by atoms with E-state index in [1.165, 1.54) is 5.56 Å². The molecule has 1 saturated heterocycles. The van der Waals surface area contributed by atoms with Crippen LogP contribution in [0.5, 0.6) is 0 Å². The van der Waals surface area contributed by atoms with E-state index in [1.807, 2.05) is 40.5 Å². The summed E-state index contributed by atoms with van der Waals surface area (Å²) in [6.07, 6.45) is 1.92. The molecule has 3 rings (SSSR count). The molecule has 0 aliphatic carbocycles. The number of benzene rings is 1. The summed E-state index contributed by atoms with van der Waals surface area (Å²) in [5.41, 5.74) is 3.21. The molecule has 0 bridgehead atoms. The molecule has 2 aromatic rings. The standard InChI is InChI=1S/C19H27N3O2S2/c1-5-25-17-16(24-19(23-4)18(17)26-6-2)12-22-11-15(20-21-22)14-9-7-8-13(3)10-14/h7-11,16-19H,5-6,12H2,1-4H3/t16-,17-,18-,19-/m1/s1. The van der Waals surface area contributed by atoms with Crippen LogP contribution in [0.4, 0.5) is 0 Å². The van der Waals surface area contributed by atoms with Crippen molar-refractivity contribution in [3.63, 3.8) is 0 Å². The maximum Gasteiger partial charge on any atom is 0.170 e. The van der Waals surface area contributed by atoms with E-state index in [9.17, 15) is 0 Å². The molecule has 26 heavy (non-hydrogen) atoms. The number of rotatable bonds is 8. The zero-order valence-corrected chi connectivity index (χ0v) is 17.4. The zero-order valence-electron chi connectivity index (χ0n) is 15.8.